The van der Waals surface area contributed by atoms with Crippen molar-refractivity contribution >= 4 is 0 Å². The Morgan fingerprint density at radius 2 is 1.07 bits per heavy atom. The predicted octanol–water partition coefficient (Wildman–Crippen LogP) is 3.68. The first-order valence-corrected chi connectivity index (χ1v) is 13.8. The molecule has 5 aromatic rings. The van der Waals surface area contributed by atoms with Gasteiger partial charge in [0, 0.05) is 32.9 Å². The van der Waals surface area contributed by atoms with Crippen molar-refractivity contribution in [1.29, 1.82) is 0 Å². The largest absolute Gasteiger partial charge is 0.303 e. The summed E-state index contributed by atoms with van der Waals surface area (Å²) in [6, 6.07) is 31.1. The first-order valence-electron chi connectivity index (χ1n) is 13.8. The third-order valence-electron chi connectivity index (χ3n) is 6.90. The molecule has 0 spiro atoms. The summed E-state index contributed by atoms with van der Waals surface area (Å²) in [5, 5.41) is 21.9. The van der Waals surface area contributed by atoms with Crippen molar-refractivity contribution in [3.8, 4) is 0 Å². The van der Waals surface area contributed by atoms with Gasteiger partial charge in [0.05, 0.1) is 49.1 Å². The van der Waals surface area contributed by atoms with Crippen LogP contribution >= 0.6 is 0 Å². The van der Waals surface area contributed by atoms with Gasteiger partial charge in [-0.15, -0.1) is 15.3 Å². The number of aromatic nitrogens is 6. The molecule has 0 amide bonds. The fraction of sp³-hybridized carbons (Fsp3) is 0.226. The minimum Gasteiger partial charge on any atom is -0.303 e. The maximum atomic E-state index is 4.48. The maximum Gasteiger partial charge on any atom is 0.0967 e. The van der Waals surface area contributed by atoms with Crippen molar-refractivity contribution in [2.24, 2.45) is 0 Å². The van der Waals surface area contributed by atoms with E-state index < -0.39 is 0 Å². The molecule has 0 saturated carbocycles. The van der Waals surface area contributed by atoms with Gasteiger partial charge in [0.15, 0.2) is 0 Å². The van der Waals surface area contributed by atoms with E-state index in [-0.39, 0.29) is 0 Å². The van der Waals surface area contributed by atoms with E-state index in [4.69, 9.17) is 0 Å². The number of benzene rings is 3. The average Bonchev–Trinajstić information content (AvgIpc) is 3.71. The van der Waals surface area contributed by atoms with Gasteiger partial charge in [0.2, 0.25) is 0 Å². The van der Waals surface area contributed by atoms with Crippen molar-refractivity contribution < 1.29 is 0 Å². The van der Waals surface area contributed by atoms with Gasteiger partial charge in [-0.1, -0.05) is 101 Å². The molecule has 6 rings (SSSR count). The van der Waals surface area contributed by atoms with Crippen LogP contribution in [-0.2, 0) is 32.7 Å². The van der Waals surface area contributed by atoms with E-state index in [2.05, 4.69) is 90.7 Å². The molecule has 41 heavy (non-hydrogen) atoms. The molecule has 3 aromatic carbocycles. The molecule has 0 radical (unpaired) electrons. The van der Waals surface area contributed by atoms with E-state index in [1.165, 1.54) is 16.7 Å². The van der Waals surface area contributed by atoms with Gasteiger partial charge >= 0.3 is 0 Å². The second kappa shape index (κ2) is 12.6. The zero-order valence-electron chi connectivity index (χ0n) is 23.2. The molecule has 0 bridgehead atoms. The van der Waals surface area contributed by atoms with Crippen molar-refractivity contribution in [2.75, 3.05) is 13.6 Å². The fourth-order valence-corrected chi connectivity index (χ4v) is 4.95. The van der Waals surface area contributed by atoms with Crippen LogP contribution in [0.3, 0.4) is 0 Å². The van der Waals surface area contributed by atoms with E-state index in [1.54, 1.807) is 0 Å². The molecular weight excluding hydrogens is 512 g/mol. The van der Waals surface area contributed by atoms with Crippen LogP contribution in [0.15, 0.2) is 115 Å². The number of nitrogens with zero attached hydrogens (tertiary/aromatic N) is 9. The number of hydrogen-bond donors (Lipinski definition) is 1. The Morgan fingerprint density at radius 3 is 1.56 bits per heavy atom. The molecule has 0 saturated heterocycles. The van der Waals surface area contributed by atoms with Gasteiger partial charge in [-0.3, -0.25) is 9.91 Å². The summed E-state index contributed by atoms with van der Waals surface area (Å²) >= 11 is 0. The van der Waals surface area contributed by atoms with Crippen LogP contribution in [0.1, 0.15) is 28.1 Å². The molecule has 1 N–H and O–H groups in total. The molecule has 0 aliphatic carbocycles. The first kappa shape index (κ1) is 26.4. The van der Waals surface area contributed by atoms with Gasteiger partial charge in [-0.2, -0.15) is 0 Å². The zero-order chi connectivity index (χ0) is 27.9. The standard InChI is InChI=1S/C31H34N10/c1-37-34-31(25-41(37)19-28-15-9-4-10-16-28)22-38(20-29-23-39(35-32-29)17-26-11-5-2-6-12-26)21-30-24-40(36-33-30)18-27-13-7-3-8-14-27/h2-16,23-25,34H,17-22H2,1H3. The quantitative estimate of drug-likeness (QED) is 0.254. The van der Waals surface area contributed by atoms with E-state index in [9.17, 15) is 0 Å². The van der Waals surface area contributed by atoms with E-state index in [0.29, 0.717) is 32.7 Å². The summed E-state index contributed by atoms with van der Waals surface area (Å²) in [5.74, 6) is 0. The van der Waals surface area contributed by atoms with Gasteiger partial charge in [-0.05, 0) is 16.7 Å². The third-order valence-corrected chi connectivity index (χ3v) is 6.90. The lowest BCUT2D eigenvalue weighted by Crippen LogP contribution is -2.39. The highest BCUT2D eigenvalue weighted by molar-refractivity contribution is 5.17. The number of hydrazine groups is 2. The SMILES string of the molecule is CN1NC(CN(Cc2cn(Cc3ccccc3)nn2)Cc2cn(Cc3ccccc3)nn2)=CN1Cc1ccccc1. The van der Waals surface area contributed by atoms with E-state index in [1.807, 2.05) is 76.4 Å². The summed E-state index contributed by atoms with van der Waals surface area (Å²) in [6.07, 6.45) is 6.21. The van der Waals surface area contributed by atoms with Crippen LogP contribution in [0, 0.1) is 0 Å². The molecule has 10 heteroatoms. The maximum absolute atomic E-state index is 4.48. The van der Waals surface area contributed by atoms with Crippen molar-refractivity contribution in [3.05, 3.63) is 143 Å². The zero-order valence-corrected chi connectivity index (χ0v) is 23.2. The number of nitrogens with one attached hydrogen (secondary N) is 1. The van der Waals surface area contributed by atoms with E-state index >= 15 is 0 Å². The molecule has 1 aliphatic heterocycles. The highest BCUT2D eigenvalue weighted by Crippen LogP contribution is 2.16. The topological polar surface area (TPSA) is 83.2 Å². The lowest BCUT2D eigenvalue weighted by Gasteiger charge is -2.25. The number of hydrogen-bond acceptors (Lipinski definition) is 8. The highest BCUT2D eigenvalue weighted by Gasteiger charge is 2.21. The minimum absolute atomic E-state index is 0.627. The lowest BCUT2D eigenvalue weighted by molar-refractivity contribution is 0.0274. The summed E-state index contributed by atoms with van der Waals surface area (Å²) in [6.45, 7) is 4.10. The third kappa shape index (κ3) is 7.24. The second-order valence-electron chi connectivity index (χ2n) is 10.3. The molecule has 10 nitrogen and oxygen atoms in total. The molecule has 0 fully saturated rings. The molecule has 1 aliphatic rings. The Hall–Kier alpha value is -4.80. The first-order chi connectivity index (χ1) is 20.2. The van der Waals surface area contributed by atoms with Crippen LogP contribution in [-0.4, -0.2) is 58.6 Å². The van der Waals surface area contributed by atoms with Crippen LogP contribution in [0.25, 0.3) is 0 Å². The Kier molecular flexibility index (Phi) is 8.11. The molecule has 208 valence electrons. The average molecular weight is 547 g/mol. The Bertz CT molecular complexity index is 1460. The summed E-state index contributed by atoms with van der Waals surface area (Å²) in [4.78, 5) is 2.31. The van der Waals surface area contributed by atoms with Crippen molar-refractivity contribution in [2.45, 2.75) is 32.7 Å². The summed E-state index contributed by atoms with van der Waals surface area (Å²) < 4.78 is 3.78. The molecule has 0 atom stereocenters. The number of rotatable bonds is 12. The molecular formula is C31H34N10. The summed E-state index contributed by atoms with van der Waals surface area (Å²) in [7, 11) is 2.03. The second-order valence-corrected chi connectivity index (χ2v) is 10.3. The van der Waals surface area contributed by atoms with E-state index in [0.717, 1.165) is 23.6 Å². The summed E-state index contributed by atoms with van der Waals surface area (Å²) in [5.41, 5.74) is 10.0. The van der Waals surface area contributed by atoms with Crippen LogP contribution in [0.2, 0.25) is 0 Å². The van der Waals surface area contributed by atoms with Gasteiger partial charge < -0.3 is 5.43 Å². The monoisotopic (exact) mass is 546 g/mol. The van der Waals surface area contributed by atoms with Crippen LogP contribution in [0.4, 0.5) is 0 Å². The Labute approximate surface area is 240 Å². The van der Waals surface area contributed by atoms with Gasteiger partial charge in [-0.25, -0.2) is 9.36 Å². The van der Waals surface area contributed by atoms with Gasteiger partial charge in [0.25, 0.3) is 0 Å². The smallest absolute Gasteiger partial charge is 0.0967 e. The molecule has 0 unspecified atom stereocenters. The normalized spacial score (nSPS) is 13.5. The Balaban J connectivity index is 1.16. The van der Waals surface area contributed by atoms with Gasteiger partial charge in [0.1, 0.15) is 0 Å². The highest BCUT2D eigenvalue weighted by atomic mass is 15.8. The molecule has 2 aromatic heterocycles. The predicted molar refractivity (Wildman–Crippen MR) is 156 cm³/mol. The van der Waals surface area contributed by atoms with Crippen molar-refractivity contribution in [1.82, 2.24) is 50.4 Å². The van der Waals surface area contributed by atoms with Crippen LogP contribution < -0.4 is 5.43 Å². The minimum atomic E-state index is 0.627. The molecule has 3 heterocycles. The fourth-order valence-electron chi connectivity index (χ4n) is 4.95. The van der Waals surface area contributed by atoms with Crippen molar-refractivity contribution in [3.63, 3.8) is 0 Å². The Morgan fingerprint density at radius 1 is 0.610 bits per heavy atom. The van der Waals surface area contributed by atoms with Crippen LogP contribution in [0.5, 0.6) is 0 Å². The lowest BCUT2D eigenvalue weighted by atomic mass is 10.2.